The van der Waals surface area contributed by atoms with E-state index in [1.165, 1.54) is 11.8 Å². The monoisotopic (exact) mass is 456 g/mol. The van der Waals surface area contributed by atoms with E-state index in [1.807, 2.05) is 33.1 Å². The van der Waals surface area contributed by atoms with Crippen LogP contribution in [0.5, 0.6) is 0 Å². The zero-order chi connectivity index (χ0) is 22.7. The second kappa shape index (κ2) is 9.27. The lowest BCUT2D eigenvalue weighted by Gasteiger charge is -2.30. The number of thioether (sulfide) groups is 1. The van der Waals surface area contributed by atoms with Crippen LogP contribution in [0.3, 0.4) is 0 Å². The highest BCUT2D eigenvalue weighted by molar-refractivity contribution is 7.98. The van der Waals surface area contributed by atoms with E-state index < -0.39 is 5.60 Å². The number of nitrogens with zero attached hydrogens (tertiary/aromatic N) is 5. The van der Waals surface area contributed by atoms with Crippen LogP contribution < -0.4 is 10.6 Å². The van der Waals surface area contributed by atoms with Crippen LogP contribution in [0.2, 0.25) is 0 Å². The van der Waals surface area contributed by atoms with Crippen molar-refractivity contribution in [3.8, 4) is 11.4 Å². The van der Waals surface area contributed by atoms with Gasteiger partial charge in [0.25, 0.3) is 0 Å². The first-order valence-corrected chi connectivity index (χ1v) is 11.9. The minimum atomic E-state index is -0.490. The van der Waals surface area contributed by atoms with Crippen molar-refractivity contribution in [3.05, 3.63) is 18.5 Å². The largest absolute Gasteiger partial charge is 0.444 e. The fraction of sp³-hybridized carbons (Fsp3) is 0.524. The second-order valence-corrected chi connectivity index (χ2v) is 9.57. The molecule has 4 rings (SSSR count). The summed E-state index contributed by atoms with van der Waals surface area (Å²) in [5.41, 5.74) is 1.60. The van der Waals surface area contributed by atoms with E-state index in [0.717, 1.165) is 36.8 Å². The molecule has 0 aliphatic heterocycles. The number of nitrogens with one attached hydrogen (secondary N) is 3. The van der Waals surface area contributed by atoms with Crippen molar-refractivity contribution in [2.75, 3.05) is 11.6 Å². The third-order valence-electron chi connectivity index (χ3n) is 5.16. The molecule has 3 aromatic heterocycles. The van der Waals surface area contributed by atoms with Crippen molar-refractivity contribution in [2.24, 2.45) is 0 Å². The number of rotatable bonds is 5. The Kier molecular flexibility index (Phi) is 6.45. The zero-order valence-corrected chi connectivity index (χ0v) is 19.5. The van der Waals surface area contributed by atoms with E-state index in [0.29, 0.717) is 22.4 Å². The number of alkyl carbamates (subject to hydrolysis) is 1. The van der Waals surface area contributed by atoms with E-state index in [2.05, 4.69) is 40.8 Å². The maximum atomic E-state index is 12.0. The maximum Gasteiger partial charge on any atom is 0.407 e. The van der Waals surface area contributed by atoms with Crippen LogP contribution in [-0.4, -0.2) is 60.2 Å². The van der Waals surface area contributed by atoms with Crippen LogP contribution >= 0.6 is 11.8 Å². The Morgan fingerprint density at radius 1 is 1.16 bits per heavy atom. The van der Waals surface area contributed by atoms with Gasteiger partial charge in [-0.15, -0.1) is 0 Å². The van der Waals surface area contributed by atoms with Crippen molar-refractivity contribution in [1.29, 1.82) is 0 Å². The Balaban J connectivity index is 1.36. The normalized spacial score (nSPS) is 19.0. The number of hydrogen-bond acceptors (Lipinski definition) is 9. The van der Waals surface area contributed by atoms with Gasteiger partial charge in [0.15, 0.2) is 10.8 Å². The Morgan fingerprint density at radius 3 is 2.62 bits per heavy atom. The van der Waals surface area contributed by atoms with Crippen LogP contribution in [0, 0.1) is 0 Å². The van der Waals surface area contributed by atoms with Gasteiger partial charge in [0.2, 0.25) is 5.95 Å². The molecular weight excluding hydrogens is 428 g/mol. The summed E-state index contributed by atoms with van der Waals surface area (Å²) < 4.78 is 5.35. The summed E-state index contributed by atoms with van der Waals surface area (Å²) in [4.78, 5) is 29.8. The van der Waals surface area contributed by atoms with Crippen molar-refractivity contribution < 1.29 is 9.53 Å². The van der Waals surface area contributed by atoms with Crippen molar-refractivity contribution in [3.63, 3.8) is 0 Å². The van der Waals surface area contributed by atoms with E-state index >= 15 is 0 Å². The maximum absolute atomic E-state index is 12.0. The van der Waals surface area contributed by atoms with Crippen molar-refractivity contribution in [1.82, 2.24) is 35.5 Å². The first-order valence-electron chi connectivity index (χ1n) is 10.7. The second-order valence-electron chi connectivity index (χ2n) is 8.80. The van der Waals surface area contributed by atoms with Crippen LogP contribution in [0.1, 0.15) is 46.5 Å². The lowest BCUT2D eigenvalue weighted by Crippen LogP contribution is -2.42. The molecule has 10 nitrogen and oxygen atoms in total. The molecule has 170 valence electrons. The first kappa shape index (κ1) is 22.3. The van der Waals surface area contributed by atoms with E-state index in [1.54, 1.807) is 12.4 Å². The quantitative estimate of drug-likeness (QED) is 0.388. The summed E-state index contributed by atoms with van der Waals surface area (Å²) in [6.45, 7) is 5.59. The molecule has 0 aromatic carbocycles. The lowest BCUT2D eigenvalue weighted by molar-refractivity contribution is 0.0492. The van der Waals surface area contributed by atoms with E-state index in [-0.39, 0.29) is 18.2 Å². The highest BCUT2D eigenvalue weighted by atomic mass is 32.2. The molecule has 3 aromatic rings. The van der Waals surface area contributed by atoms with Gasteiger partial charge in [-0.2, -0.15) is 10.1 Å². The number of amides is 1. The molecule has 0 saturated heterocycles. The molecule has 32 heavy (non-hydrogen) atoms. The molecule has 0 spiro atoms. The smallest absolute Gasteiger partial charge is 0.407 e. The van der Waals surface area contributed by atoms with Crippen LogP contribution in [0.15, 0.2) is 23.6 Å². The molecule has 1 saturated carbocycles. The number of carbonyl (C=O) groups excluding carboxylic acids is 1. The molecular formula is C21H28N8O2S. The standard InChI is InChI=1S/C21H28N8O2S/c1-21(2,3)31-20(30)25-13-7-5-12(6-8-13)24-18-23-11-14-16(28-29-17(14)27-18)15-9-10-22-19(26-15)32-4/h9-13H,5-8H2,1-4H3,(H,25,30)(H2,23,24,27,28,29)/t12-,13+. The summed E-state index contributed by atoms with van der Waals surface area (Å²) >= 11 is 1.48. The van der Waals surface area contributed by atoms with Crippen LogP contribution in [-0.2, 0) is 4.74 Å². The van der Waals surface area contributed by atoms with Gasteiger partial charge in [0.1, 0.15) is 11.3 Å². The highest BCUT2D eigenvalue weighted by Gasteiger charge is 2.25. The number of aromatic amines is 1. The number of ether oxygens (including phenoxy) is 1. The van der Waals surface area contributed by atoms with Gasteiger partial charge in [-0.3, -0.25) is 5.10 Å². The summed E-state index contributed by atoms with van der Waals surface area (Å²) in [5.74, 6) is 0.559. The summed E-state index contributed by atoms with van der Waals surface area (Å²) in [6, 6.07) is 2.20. The summed E-state index contributed by atoms with van der Waals surface area (Å²) in [6.07, 6.45) is 8.63. The fourth-order valence-corrected chi connectivity index (χ4v) is 4.04. The minimum Gasteiger partial charge on any atom is -0.444 e. The predicted octanol–water partition coefficient (Wildman–Crippen LogP) is 3.78. The molecule has 0 atom stereocenters. The van der Waals surface area contributed by atoms with Gasteiger partial charge in [-0.25, -0.2) is 19.7 Å². The molecule has 1 amide bonds. The number of fused-ring (bicyclic) bond motifs is 1. The number of anilines is 1. The molecule has 1 aliphatic rings. The fourth-order valence-electron chi connectivity index (χ4n) is 3.68. The summed E-state index contributed by atoms with van der Waals surface area (Å²) in [7, 11) is 0. The average molecular weight is 457 g/mol. The Hall–Kier alpha value is -2.95. The van der Waals surface area contributed by atoms with Gasteiger partial charge < -0.3 is 15.4 Å². The van der Waals surface area contributed by atoms with Crippen LogP contribution in [0.25, 0.3) is 22.4 Å². The van der Waals surface area contributed by atoms with Crippen LogP contribution in [0.4, 0.5) is 10.7 Å². The molecule has 3 N–H and O–H groups in total. The van der Waals surface area contributed by atoms with Gasteiger partial charge in [-0.1, -0.05) is 11.8 Å². The Morgan fingerprint density at radius 2 is 1.91 bits per heavy atom. The van der Waals surface area contributed by atoms with Gasteiger partial charge >= 0.3 is 6.09 Å². The zero-order valence-electron chi connectivity index (χ0n) is 18.7. The summed E-state index contributed by atoms with van der Waals surface area (Å²) in [5, 5.41) is 15.2. The van der Waals surface area contributed by atoms with Crippen molar-refractivity contribution >= 4 is 34.8 Å². The minimum absolute atomic E-state index is 0.125. The molecule has 0 unspecified atom stereocenters. The number of carbonyl (C=O) groups is 1. The van der Waals surface area contributed by atoms with Crippen molar-refractivity contribution in [2.45, 2.75) is 69.3 Å². The topological polar surface area (TPSA) is 131 Å². The highest BCUT2D eigenvalue weighted by Crippen LogP contribution is 2.26. The number of H-pyrrole nitrogens is 1. The molecule has 3 heterocycles. The van der Waals surface area contributed by atoms with Gasteiger partial charge in [-0.05, 0) is 58.8 Å². The number of hydrogen-bond donors (Lipinski definition) is 3. The van der Waals surface area contributed by atoms with E-state index in [9.17, 15) is 4.79 Å². The third kappa shape index (κ3) is 5.45. The molecule has 1 aliphatic carbocycles. The predicted molar refractivity (Wildman–Crippen MR) is 124 cm³/mol. The molecule has 11 heteroatoms. The molecule has 1 fully saturated rings. The molecule has 0 radical (unpaired) electrons. The van der Waals surface area contributed by atoms with E-state index in [4.69, 9.17) is 4.74 Å². The Bertz CT molecular complexity index is 1090. The Labute approximate surface area is 190 Å². The lowest BCUT2D eigenvalue weighted by atomic mass is 9.91. The van der Waals surface area contributed by atoms with Gasteiger partial charge in [0.05, 0.1) is 11.1 Å². The SMILES string of the molecule is CSc1nccc(-c2n[nH]c3nc(N[C@H]4CC[C@@H](NC(=O)OC(C)(C)C)CC4)ncc23)n1. The molecule has 0 bridgehead atoms. The third-order valence-corrected chi connectivity index (χ3v) is 5.72. The number of aromatic nitrogens is 6. The average Bonchev–Trinajstić information content (AvgIpc) is 3.17. The van der Waals surface area contributed by atoms with Gasteiger partial charge in [0, 0.05) is 24.5 Å². The first-order chi connectivity index (χ1) is 15.3.